The van der Waals surface area contributed by atoms with Gasteiger partial charge in [-0.3, -0.25) is 4.79 Å². The molecule has 0 amide bonds. The maximum absolute atomic E-state index is 13.4. The molecule has 2 aromatic carbocycles. The average Bonchev–Trinajstić information content (AvgIpc) is 3.28. The van der Waals surface area contributed by atoms with Gasteiger partial charge in [0.1, 0.15) is 15.5 Å². The predicted octanol–water partition coefficient (Wildman–Crippen LogP) is 4.94. The molecule has 6 nitrogen and oxygen atoms in total. The number of fused-ring (bicyclic) bond motifs is 4. The van der Waals surface area contributed by atoms with E-state index in [-0.39, 0.29) is 18.1 Å². The second-order valence-electron chi connectivity index (χ2n) is 7.06. The van der Waals surface area contributed by atoms with E-state index < -0.39 is 5.97 Å². The highest BCUT2D eigenvalue weighted by Gasteiger charge is 2.34. The van der Waals surface area contributed by atoms with Gasteiger partial charge in [0.2, 0.25) is 0 Å². The highest BCUT2D eigenvalue weighted by Crippen LogP contribution is 2.48. The summed E-state index contributed by atoms with van der Waals surface area (Å²) in [6, 6.07) is 14.8. The number of ketones is 1. The van der Waals surface area contributed by atoms with Crippen molar-refractivity contribution in [1.29, 1.82) is 0 Å². The lowest BCUT2D eigenvalue weighted by Gasteiger charge is -2.11. The zero-order valence-electron chi connectivity index (χ0n) is 16.9. The smallest absolute Gasteiger partial charge is 0.350 e. The third-order valence-electron chi connectivity index (χ3n) is 5.37. The minimum atomic E-state index is -0.490. The number of rotatable bonds is 4. The Kier molecular flexibility index (Phi) is 4.48. The quantitative estimate of drug-likeness (QED) is 0.406. The first-order valence-electron chi connectivity index (χ1n) is 9.76. The van der Waals surface area contributed by atoms with Crippen LogP contribution in [0.4, 0.5) is 5.69 Å². The molecule has 0 bridgehead atoms. The Hall–Kier alpha value is -3.71. The normalized spacial score (nSPS) is 12.0. The van der Waals surface area contributed by atoms with Crippen LogP contribution in [0.25, 0.3) is 32.6 Å². The van der Waals surface area contributed by atoms with Crippen LogP contribution in [0, 0.1) is 0 Å². The summed E-state index contributed by atoms with van der Waals surface area (Å²) in [6.45, 7) is 1.99. The van der Waals surface area contributed by atoms with E-state index in [0.717, 1.165) is 11.1 Å². The van der Waals surface area contributed by atoms with Crippen molar-refractivity contribution in [2.24, 2.45) is 0 Å². The van der Waals surface area contributed by atoms with Gasteiger partial charge in [0.25, 0.3) is 0 Å². The Morgan fingerprint density at radius 2 is 1.77 bits per heavy atom. The average molecular weight is 430 g/mol. The molecule has 0 spiro atoms. The van der Waals surface area contributed by atoms with Crippen LogP contribution in [0.1, 0.15) is 32.5 Å². The van der Waals surface area contributed by atoms with Crippen molar-refractivity contribution < 1.29 is 19.1 Å². The number of carbonyl (C=O) groups is 2. The summed E-state index contributed by atoms with van der Waals surface area (Å²) in [5.41, 5.74) is 10.7. The first kappa shape index (κ1) is 19.3. The van der Waals surface area contributed by atoms with Crippen molar-refractivity contribution in [2.45, 2.75) is 6.92 Å². The summed E-state index contributed by atoms with van der Waals surface area (Å²) in [4.78, 5) is 31.6. The molecule has 0 saturated heterocycles. The number of nitrogens with two attached hydrogens (primary N) is 1. The fraction of sp³-hybridized carbons (Fsp3) is 0.125. The van der Waals surface area contributed by atoms with E-state index in [1.165, 1.54) is 11.3 Å². The molecular formula is C24H18N2O4S. The highest BCUT2D eigenvalue weighted by molar-refractivity contribution is 7.21. The van der Waals surface area contributed by atoms with Crippen molar-refractivity contribution in [3.63, 3.8) is 0 Å². The molecule has 0 fully saturated rings. The summed E-state index contributed by atoms with van der Waals surface area (Å²) in [7, 11) is 1.60. The van der Waals surface area contributed by atoms with Crippen molar-refractivity contribution in [2.75, 3.05) is 19.5 Å². The molecule has 0 aliphatic heterocycles. The van der Waals surface area contributed by atoms with Crippen LogP contribution in [-0.2, 0) is 4.74 Å². The zero-order valence-corrected chi connectivity index (χ0v) is 17.7. The molecule has 0 unspecified atom stereocenters. The summed E-state index contributed by atoms with van der Waals surface area (Å²) in [5.74, 6) is 0.107. The van der Waals surface area contributed by atoms with Crippen LogP contribution < -0.4 is 10.5 Å². The Morgan fingerprint density at radius 3 is 2.45 bits per heavy atom. The van der Waals surface area contributed by atoms with Crippen LogP contribution in [0.15, 0.2) is 48.5 Å². The summed E-state index contributed by atoms with van der Waals surface area (Å²) in [6.07, 6.45) is 0. The van der Waals surface area contributed by atoms with Crippen LogP contribution in [0.2, 0.25) is 0 Å². The van der Waals surface area contributed by atoms with Gasteiger partial charge in [0, 0.05) is 22.1 Å². The second kappa shape index (κ2) is 7.21. The number of thiophene rings is 1. The topological polar surface area (TPSA) is 91.5 Å². The largest absolute Gasteiger partial charge is 0.497 e. The molecule has 2 heterocycles. The van der Waals surface area contributed by atoms with E-state index in [4.69, 9.17) is 20.2 Å². The maximum atomic E-state index is 13.4. The third-order valence-corrected chi connectivity index (χ3v) is 6.45. The fourth-order valence-electron chi connectivity index (χ4n) is 3.99. The molecule has 2 aromatic heterocycles. The van der Waals surface area contributed by atoms with Crippen molar-refractivity contribution in [1.82, 2.24) is 4.98 Å². The number of nitrogens with zero attached hydrogens (tertiary/aromatic N) is 1. The van der Waals surface area contributed by atoms with Crippen molar-refractivity contribution >= 4 is 39.0 Å². The highest BCUT2D eigenvalue weighted by atomic mass is 32.1. The van der Waals surface area contributed by atoms with Gasteiger partial charge in [-0.05, 0) is 24.6 Å². The number of benzene rings is 2. The first-order valence-corrected chi connectivity index (χ1v) is 10.6. The van der Waals surface area contributed by atoms with E-state index in [2.05, 4.69) is 0 Å². The number of hydrogen-bond donors (Lipinski definition) is 1. The number of pyridine rings is 1. The van der Waals surface area contributed by atoms with Crippen molar-refractivity contribution in [3.05, 3.63) is 64.5 Å². The molecule has 1 aliphatic carbocycles. The third kappa shape index (κ3) is 2.81. The van der Waals surface area contributed by atoms with Gasteiger partial charge in [-0.2, -0.15) is 0 Å². The molecule has 0 radical (unpaired) electrons. The number of methoxy groups -OCH3 is 1. The van der Waals surface area contributed by atoms with Crippen LogP contribution in [0.5, 0.6) is 5.75 Å². The molecular weight excluding hydrogens is 412 g/mol. The maximum Gasteiger partial charge on any atom is 0.350 e. The van der Waals surface area contributed by atoms with Gasteiger partial charge in [0.05, 0.1) is 30.7 Å². The number of nitrogen functional groups attached to an aromatic ring is 1. The number of aromatic nitrogens is 1. The molecule has 2 N–H and O–H groups in total. The van der Waals surface area contributed by atoms with Gasteiger partial charge in [-0.25, -0.2) is 9.78 Å². The first-order chi connectivity index (χ1) is 15.0. The number of carbonyl (C=O) groups excluding carboxylic acids is 2. The van der Waals surface area contributed by atoms with Crippen LogP contribution in [0.3, 0.4) is 0 Å². The Morgan fingerprint density at radius 1 is 1.06 bits per heavy atom. The van der Waals surface area contributed by atoms with E-state index in [1.54, 1.807) is 20.1 Å². The number of esters is 1. The Bertz CT molecular complexity index is 1370. The summed E-state index contributed by atoms with van der Waals surface area (Å²) >= 11 is 1.18. The van der Waals surface area contributed by atoms with Gasteiger partial charge in [-0.1, -0.05) is 36.4 Å². The molecule has 5 rings (SSSR count). The molecule has 1 aliphatic rings. The van der Waals surface area contributed by atoms with Gasteiger partial charge < -0.3 is 15.2 Å². The number of anilines is 1. The SMILES string of the molecule is CCOC(=O)c1sc2nc3c(c(-c4ccc(OC)cc4)c2c1N)C(=O)c1ccccc1-3. The van der Waals surface area contributed by atoms with E-state index >= 15 is 0 Å². The summed E-state index contributed by atoms with van der Waals surface area (Å²) in [5, 5.41) is 0.595. The van der Waals surface area contributed by atoms with Crippen molar-refractivity contribution in [3.8, 4) is 28.1 Å². The number of hydrogen-bond acceptors (Lipinski definition) is 7. The molecule has 7 heteroatoms. The fourth-order valence-corrected chi connectivity index (χ4v) is 4.98. The van der Waals surface area contributed by atoms with Gasteiger partial charge in [-0.15, -0.1) is 11.3 Å². The molecule has 154 valence electrons. The monoisotopic (exact) mass is 430 g/mol. The Labute approximate surface area is 182 Å². The second-order valence-corrected chi connectivity index (χ2v) is 8.06. The summed E-state index contributed by atoms with van der Waals surface area (Å²) < 4.78 is 10.5. The molecule has 0 atom stereocenters. The predicted molar refractivity (Wildman–Crippen MR) is 121 cm³/mol. The molecule has 4 aromatic rings. The van der Waals surface area contributed by atoms with E-state index in [9.17, 15) is 9.59 Å². The van der Waals surface area contributed by atoms with Crippen LogP contribution >= 0.6 is 11.3 Å². The number of ether oxygens (including phenoxy) is 2. The van der Waals surface area contributed by atoms with Crippen LogP contribution in [-0.4, -0.2) is 30.5 Å². The minimum absolute atomic E-state index is 0.103. The van der Waals surface area contributed by atoms with E-state index in [0.29, 0.717) is 43.2 Å². The van der Waals surface area contributed by atoms with Gasteiger partial charge >= 0.3 is 5.97 Å². The Balaban J connectivity index is 1.87. The zero-order chi connectivity index (χ0) is 21.7. The molecule has 0 saturated carbocycles. The minimum Gasteiger partial charge on any atom is -0.497 e. The lowest BCUT2D eigenvalue weighted by molar-refractivity contribution is 0.0533. The lowest BCUT2D eigenvalue weighted by atomic mass is 9.94. The standard InChI is InChI=1S/C24H18N2O4S/c1-3-30-24(28)22-19(25)17-16(12-8-10-13(29-2)11-9-12)18-20(26-23(17)31-22)14-6-4-5-7-15(14)21(18)27/h4-11H,3,25H2,1-2H3. The molecule has 31 heavy (non-hydrogen) atoms. The van der Waals surface area contributed by atoms with Gasteiger partial charge in [0.15, 0.2) is 5.78 Å². The lowest BCUT2D eigenvalue weighted by Crippen LogP contribution is -2.05. The van der Waals surface area contributed by atoms with E-state index in [1.807, 2.05) is 42.5 Å².